The van der Waals surface area contributed by atoms with Crippen LogP contribution >= 0.6 is 0 Å². The van der Waals surface area contributed by atoms with Crippen LogP contribution in [-0.4, -0.2) is 59.9 Å². The van der Waals surface area contributed by atoms with E-state index in [-0.39, 0.29) is 23.9 Å². The molecule has 2 atom stereocenters. The number of amides is 2. The summed E-state index contributed by atoms with van der Waals surface area (Å²) in [6, 6.07) is 0.122. The third kappa shape index (κ3) is 2.66. The van der Waals surface area contributed by atoms with Crippen LogP contribution in [0.2, 0.25) is 0 Å². The Morgan fingerprint density at radius 2 is 2.17 bits per heavy atom. The van der Waals surface area contributed by atoms with Crippen LogP contribution in [0.4, 0.5) is 0 Å². The summed E-state index contributed by atoms with van der Waals surface area (Å²) < 4.78 is 0. The van der Waals surface area contributed by atoms with E-state index < -0.39 is 0 Å². The molecule has 2 unspecified atom stereocenters. The molecule has 0 aromatic carbocycles. The van der Waals surface area contributed by atoms with Crippen molar-refractivity contribution < 1.29 is 9.59 Å². The van der Waals surface area contributed by atoms with Crippen molar-refractivity contribution in [3.05, 3.63) is 0 Å². The van der Waals surface area contributed by atoms with Crippen molar-refractivity contribution in [2.75, 3.05) is 20.1 Å². The van der Waals surface area contributed by atoms with Gasteiger partial charge in [0.15, 0.2) is 0 Å². The summed E-state index contributed by atoms with van der Waals surface area (Å²) in [5.74, 6) is 0.116. The molecule has 2 amide bonds. The maximum absolute atomic E-state index is 12.2. The molecule has 1 saturated heterocycles. The second-order valence-electron chi connectivity index (χ2n) is 5.34. The third-order valence-electron chi connectivity index (χ3n) is 3.93. The normalized spacial score (nSPS) is 25.4. The van der Waals surface area contributed by atoms with Crippen molar-refractivity contribution in [3.63, 3.8) is 0 Å². The average Bonchev–Trinajstić information content (AvgIpc) is 3.12. The van der Waals surface area contributed by atoms with Crippen LogP contribution in [-0.2, 0) is 9.59 Å². The monoisotopic (exact) mass is 253 g/mol. The predicted molar refractivity (Wildman–Crippen MR) is 69.0 cm³/mol. The number of likely N-dealkylation sites (tertiary alicyclic amines) is 1. The van der Waals surface area contributed by atoms with E-state index >= 15 is 0 Å². The van der Waals surface area contributed by atoms with Gasteiger partial charge in [-0.2, -0.15) is 0 Å². The van der Waals surface area contributed by atoms with E-state index in [0.29, 0.717) is 19.1 Å². The summed E-state index contributed by atoms with van der Waals surface area (Å²) in [6.07, 6.45) is 3.18. The van der Waals surface area contributed by atoms with Gasteiger partial charge in [-0.1, -0.05) is 0 Å². The van der Waals surface area contributed by atoms with E-state index in [1.807, 2.05) is 13.8 Å². The summed E-state index contributed by atoms with van der Waals surface area (Å²) in [7, 11) is 1.78. The van der Waals surface area contributed by atoms with Crippen LogP contribution in [0, 0.1) is 0 Å². The zero-order chi connectivity index (χ0) is 13.3. The van der Waals surface area contributed by atoms with E-state index in [2.05, 4.69) is 5.32 Å². The van der Waals surface area contributed by atoms with Crippen molar-refractivity contribution in [1.82, 2.24) is 15.1 Å². The Balaban J connectivity index is 1.92. The van der Waals surface area contributed by atoms with Gasteiger partial charge >= 0.3 is 0 Å². The number of carbonyl (C=O) groups is 2. The lowest BCUT2D eigenvalue weighted by Gasteiger charge is -2.27. The summed E-state index contributed by atoms with van der Waals surface area (Å²) in [5, 5.41) is 3.35. The highest BCUT2D eigenvalue weighted by molar-refractivity contribution is 5.90. The molecule has 0 spiro atoms. The van der Waals surface area contributed by atoms with Gasteiger partial charge in [-0.15, -0.1) is 0 Å². The van der Waals surface area contributed by atoms with Crippen LogP contribution in [0.3, 0.4) is 0 Å². The molecule has 102 valence electrons. The quantitative estimate of drug-likeness (QED) is 0.762. The molecule has 2 rings (SSSR count). The zero-order valence-electron chi connectivity index (χ0n) is 11.5. The lowest BCUT2D eigenvalue weighted by molar-refractivity contribution is -0.142. The number of carbonyl (C=O) groups excluding carboxylic acids is 2. The van der Waals surface area contributed by atoms with E-state index in [1.54, 1.807) is 16.8 Å². The first-order valence-corrected chi connectivity index (χ1v) is 6.86. The van der Waals surface area contributed by atoms with E-state index in [4.69, 9.17) is 0 Å². The van der Waals surface area contributed by atoms with Gasteiger partial charge < -0.3 is 15.1 Å². The van der Waals surface area contributed by atoms with Gasteiger partial charge in [-0.3, -0.25) is 9.59 Å². The van der Waals surface area contributed by atoms with Gasteiger partial charge in [-0.05, 0) is 33.1 Å². The second-order valence-corrected chi connectivity index (χ2v) is 5.34. The van der Waals surface area contributed by atoms with E-state index in [1.165, 1.54) is 12.8 Å². The molecule has 1 aliphatic carbocycles. The van der Waals surface area contributed by atoms with Gasteiger partial charge in [0.05, 0.1) is 6.04 Å². The van der Waals surface area contributed by atoms with Crippen molar-refractivity contribution in [3.8, 4) is 0 Å². The fourth-order valence-electron chi connectivity index (χ4n) is 2.38. The molecule has 1 saturated carbocycles. The molecular weight excluding hydrogens is 230 g/mol. The van der Waals surface area contributed by atoms with Crippen molar-refractivity contribution in [1.29, 1.82) is 0 Å². The maximum atomic E-state index is 12.2. The minimum absolute atomic E-state index is 0.0259. The third-order valence-corrected chi connectivity index (χ3v) is 3.93. The van der Waals surface area contributed by atoms with Gasteiger partial charge in [-0.25, -0.2) is 0 Å². The highest BCUT2D eigenvalue weighted by atomic mass is 16.2. The highest BCUT2D eigenvalue weighted by Crippen LogP contribution is 2.23. The van der Waals surface area contributed by atoms with Gasteiger partial charge in [0, 0.05) is 26.2 Å². The number of likely N-dealkylation sites (N-methyl/N-ethyl adjacent to an activating group) is 1. The lowest BCUT2D eigenvalue weighted by Crippen LogP contribution is -2.49. The van der Waals surface area contributed by atoms with Gasteiger partial charge in [0.2, 0.25) is 11.8 Å². The minimum Gasteiger partial charge on any atom is -0.344 e. The molecule has 0 radical (unpaired) electrons. The smallest absolute Gasteiger partial charge is 0.244 e. The molecule has 0 bridgehead atoms. The number of nitrogens with one attached hydrogen (secondary N) is 1. The van der Waals surface area contributed by atoms with Crippen LogP contribution in [0.25, 0.3) is 0 Å². The van der Waals surface area contributed by atoms with Crippen LogP contribution in [0.5, 0.6) is 0 Å². The SMILES string of the molecule is CCN(C)C(=O)C(C)N1CCC(NC2CC2)C1=O. The summed E-state index contributed by atoms with van der Waals surface area (Å²) in [6.45, 7) is 5.13. The average molecular weight is 253 g/mol. The number of hydrogen-bond acceptors (Lipinski definition) is 3. The van der Waals surface area contributed by atoms with Crippen LogP contribution in [0.1, 0.15) is 33.1 Å². The Morgan fingerprint density at radius 3 is 2.72 bits per heavy atom. The van der Waals surface area contributed by atoms with Crippen molar-refractivity contribution >= 4 is 11.8 Å². The first-order chi connectivity index (χ1) is 8.54. The largest absolute Gasteiger partial charge is 0.344 e. The first-order valence-electron chi connectivity index (χ1n) is 6.86. The van der Waals surface area contributed by atoms with Crippen LogP contribution < -0.4 is 5.32 Å². The maximum Gasteiger partial charge on any atom is 0.244 e. The van der Waals surface area contributed by atoms with Crippen LogP contribution in [0.15, 0.2) is 0 Å². The van der Waals surface area contributed by atoms with Crippen molar-refractivity contribution in [2.45, 2.75) is 51.2 Å². The molecule has 5 heteroatoms. The fourth-order valence-corrected chi connectivity index (χ4v) is 2.38. The summed E-state index contributed by atoms with van der Waals surface area (Å²) in [4.78, 5) is 27.7. The standard InChI is InChI=1S/C13H23N3O2/c1-4-15(3)12(17)9(2)16-8-7-11(13(16)18)14-10-5-6-10/h9-11,14H,4-8H2,1-3H3. The minimum atomic E-state index is -0.339. The van der Waals surface area contributed by atoms with E-state index in [9.17, 15) is 9.59 Å². The molecule has 5 nitrogen and oxygen atoms in total. The first kappa shape index (κ1) is 13.3. The molecule has 1 heterocycles. The zero-order valence-corrected chi connectivity index (χ0v) is 11.5. The molecule has 2 fully saturated rings. The Bertz CT molecular complexity index is 341. The molecule has 1 N–H and O–H groups in total. The molecular formula is C13H23N3O2. The Morgan fingerprint density at radius 1 is 1.50 bits per heavy atom. The Labute approximate surface area is 108 Å². The second kappa shape index (κ2) is 5.26. The number of hydrogen-bond donors (Lipinski definition) is 1. The predicted octanol–water partition coefficient (Wildman–Crippen LogP) is 0.206. The number of rotatable bonds is 5. The molecule has 0 aromatic rings. The summed E-state index contributed by atoms with van der Waals surface area (Å²) in [5.41, 5.74) is 0. The van der Waals surface area contributed by atoms with Crippen molar-refractivity contribution in [2.24, 2.45) is 0 Å². The topological polar surface area (TPSA) is 52.7 Å². The summed E-state index contributed by atoms with van der Waals surface area (Å²) >= 11 is 0. The molecule has 2 aliphatic rings. The Kier molecular flexibility index (Phi) is 3.90. The number of nitrogens with zero attached hydrogens (tertiary/aromatic N) is 2. The highest BCUT2D eigenvalue weighted by Gasteiger charge is 2.39. The molecule has 0 aromatic heterocycles. The Hall–Kier alpha value is -1.10. The lowest BCUT2D eigenvalue weighted by atomic mass is 10.2. The van der Waals surface area contributed by atoms with Gasteiger partial charge in [0.1, 0.15) is 6.04 Å². The van der Waals surface area contributed by atoms with Gasteiger partial charge in [0.25, 0.3) is 0 Å². The molecule has 1 aliphatic heterocycles. The fraction of sp³-hybridized carbons (Fsp3) is 0.846. The van der Waals surface area contributed by atoms with E-state index in [0.717, 1.165) is 6.42 Å². The molecule has 18 heavy (non-hydrogen) atoms.